The van der Waals surface area contributed by atoms with E-state index in [4.69, 9.17) is 0 Å². The van der Waals surface area contributed by atoms with Gasteiger partial charge in [-0.2, -0.15) is 0 Å². The Hall–Kier alpha value is -1.62. The number of piperidine rings is 1. The lowest BCUT2D eigenvalue weighted by molar-refractivity contribution is 0.0666. The Morgan fingerprint density at radius 2 is 2.19 bits per heavy atom. The van der Waals surface area contributed by atoms with Gasteiger partial charge in [0, 0.05) is 18.7 Å². The normalized spacial score (nSPS) is 26.0. The van der Waals surface area contributed by atoms with Gasteiger partial charge in [-0.25, -0.2) is 4.39 Å². The van der Waals surface area contributed by atoms with E-state index in [0.29, 0.717) is 12.5 Å². The van der Waals surface area contributed by atoms with Crippen LogP contribution in [0.4, 0.5) is 4.39 Å². The van der Waals surface area contributed by atoms with Crippen molar-refractivity contribution in [3.63, 3.8) is 0 Å². The average molecular weight is 292 g/mol. The fraction of sp³-hybridized carbons (Fsp3) is 0.562. The first-order valence-electron chi connectivity index (χ1n) is 7.67. The number of nitrogens with one attached hydrogen (secondary N) is 1. The highest BCUT2D eigenvalue weighted by atomic mass is 19.1. The predicted octanol–water partition coefficient (Wildman–Crippen LogP) is 2.14. The van der Waals surface area contributed by atoms with Crippen LogP contribution in [0, 0.1) is 11.7 Å². The molecule has 0 aromatic heterocycles. The standard InChI is InChI=1S/C16H21FN2O2/c17-14-9-12(20)5-6-13(14)16(21)19-8-2-4-15(19)11-3-1-7-18-10-11/h5-6,9,11,15,18,20H,1-4,7-8,10H2. The predicted molar refractivity (Wildman–Crippen MR) is 77.7 cm³/mol. The summed E-state index contributed by atoms with van der Waals surface area (Å²) in [7, 11) is 0. The molecule has 1 aromatic rings. The van der Waals surface area contributed by atoms with Gasteiger partial charge in [-0.1, -0.05) is 0 Å². The second kappa shape index (κ2) is 6.02. The molecule has 3 rings (SSSR count). The Kier molecular flexibility index (Phi) is 4.10. The number of aromatic hydroxyl groups is 1. The number of carbonyl (C=O) groups is 1. The third-order valence-electron chi connectivity index (χ3n) is 4.62. The van der Waals surface area contributed by atoms with Crippen molar-refractivity contribution in [2.24, 2.45) is 5.92 Å². The molecule has 1 aromatic carbocycles. The number of phenols is 1. The van der Waals surface area contributed by atoms with Gasteiger partial charge in [0.15, 0.2) is 0 Å². The van der Waals surface area contributed by atoms with Crippen LogP contribution in [-0.2, 0) is 0 Å². The highest BCUT2D eigenvalue weighted by Crippen LogP contribution is 2.30. The zero-order valence-corrected chi connectivity index (χ0v) is 12.0. The first-order valence-corrected chi connectivity index (χ1v) is 7.67. The van der Waals surface area contributed by atoms with Gasteiger partial charge < -0.3 is 15.3 Å². The quantitative estimate of drug-likeness (QED) is 0.878. The maximum Gasteiger partial charge on any atom is 0.257 e. The molecule has 0 spiro atoms. The average Bonchev–Trinajstić information content (AvgIpc) is 2.97. The van der Waals surface area contributed by atoms with Gasteiger partial charge in [0.2, 0.25) is 0 Å². The minimum atomic E-state index is -0.646. The summed E-state index contributed by atoms with van der Waals surface area (Å²) >= 11 is 0. The summed E-state index contributed by atoms with van der Waals surface area (Å²) < 4.78 is 13.9. The summed E-state index contributed by atoms with van der Waals surface area (Å²) in [5.74, 6) is -0.586. The summed E-state index contributed by atoms with van der Waals surface area (Å²) in [4.78, 5) is 14.4. The second-order valence-corrected chi connectivity index (χ2v) is 5.98. The van der Waals surface area contributed by atoms with E-state index in [1.165, 1.54) is 12.1 Å². The van der Waals surface area contributed by atoms with Crippen LogP contribution >= 0.6 is 0 Å². The maximum absolute atomic E-state index is 13.9. The third kappa shape index (κ3) is 2.88. The molecule has 2 unspecified atom stereocenters. The van der Waals surface area contributed by atoms with Crippen molar-refractivity contribution in [3.05, 3.63) is 29.6 Å². The van der Waals surface area contributed by atoms with Gasteiger partial charge in [0.05, 0.1) is 5.56 Å². The Morgan fingerprint density at radius 1 is 1.33 bits per heavy atom. The van der Waals surface area contributed by atoms with Crippen LogP contribution in [0.25, 0.3) is 0 Å². The molecule has 21 heavy (non-hydrogen) atoms. The highest BCUT2D eigenvalue weighted by molar-refractivity contribution is 5.95. The number of halogens is 1. The lowest BCUT2D eigenvalue weighted by Gasteiger charge is -2.34. The van der Waals surface area contributed by atoms with Crippen molar-refractivity contribution in [3.8, 4) is 5.75 Å². The molecule has 2 atom stereocenters. The Balaban J connectivity index is 1.79. The molecular weight excluding hydrogens is 271 g/mol. The number of hydrogen-bond donors (Lipinski definition) is 2. The molecule has 4 nitrogen and oxygen atoms in total. The summed E-state index contributed by atoms with van der Waals surface area (Å²) in [6, 6.07) is 3.95. The molecule has 0 aliphatic carbocycles. The Bertz CT molecular complexity index is 529. The molecule has 0 radical (unpaired) electrons. The maximum atomic E-state index is 13.9. The summed E-state index contributed by atoms with van der Waals surface area (Å²) in [6.45, 7) is 2.68. The number of phenolic OH excluding ortho intramolecular Hbond substituents is 1. The minimum Gasteiger partial charge on any atom is -0.508 e. The van der Waals surface area contributed by atoms with E-state index in [1.807, 2.05) is 4.90 Å². The number of likely N-dealkylation sites (tertiary alicyclic amines) is 1. The largest absolute Gasteiger partial charge is 0.508 e. The van der Waals surface area contributed by atoms with E-state index in [0.717, 1.165) is 44.8 Å². The second-order valence-electron chi connectivity index (χ2n) is 5.98. The molecule has 2 saturated heterocycles. The minimum absolute atomic E-state index is 0.0588. The van der Waals surface area contributed by atoms with Gasteiger partial charge >= 0.3 is 0 Å². The fourth-order valence-corrected chi connectivity index (χ4v) is 3.57. The molecule has 2 aliphatic heterocycles. The van der Waals surface area contributed by atoms with E-state index in [-0.39, 0.29) is 23.3 Å². The molecule has 2 N–H and O–H groups in total. The van der Waals surface area contributed by atoms with Crippen LogP contribution < -0.4 is 5.32 Å². The van der Waals surface area contributed by atoms with Gasteiger partial charge in [-0.3, -0.25) is 4.79 Å². The molecule has 2 aliphatic rings. The monoisotopic (exact) mass is 292 g/mol. The first-order chi connectivity index (χ1) is 10.2. The summed E-state index contributed by atoms with van der Waals surface area (Å²) in [5.41, 5.74) is 0.0588. The molecule has 2 fully saturated rings. The van der Waals surface area contributed by atoms with Crippen molar-refractivity contribution in [2.75, 3.05) is 19.6 Å². The summed E-state index contributed by atoms with van der Waals surface area (Å²) in [6.07, 6.45) is 4.24. The molecule has 0 saturated carbocycles. The van der Waals surface area contributed by atoms with E-state index in [1.54, 1.807) is 0 Å². The zero-order valence-electron chi connectivity index (χ0n) is 12.0. The Morgan fingerprint density at radius 3 is 2.90 bits per heavy atom. The number of benzene rings is 1. The van der Waals surface area contributed by atoms with Crippen molar-refractivity contribution < 1.29 is 14.3 Å². The number of carbonyl (C=O) groups excluding carboxylic acids is 1. The number of nitrogens with zero attached hydrogens (tertiary/aromatic N) is 1. The molecule has 5 heteroatoms. The van der Waals surface area contributed by atoms with Crippen molar-refractivity contribution in [1.29, 1.82) is 0 Å². The topological polar surface area (TPSA) is 52.6 Å². The van der Waals surface area contributed by atoms with Crippen LogP contribution in [0.15, 0.2) is 18.2 Å². The molecular formula is C16H21FN2O2. The van der Waals surface area contributed by atoms with Crippen LogP contribution in [0.1, 0.15) is 36.0 Å². The van der Waals surface area contributed by atoms with E-state index >= 15 is 0 Å². The van der Waals surface area contributed by atoms with E-state index in [9.17, 15) is 14.3 Å². The first kappa shape index (κ1) is 14.3. The van der Waals surface area contributed by atoms with Gasteiger partial charge in [-0.15, -0.1) is 0 Å². The van der Waals surface area contributed by atoms with Crippen molar-refractivity contribution >= 4 is 5.91 Å². The van der Waals surface area contributed by atoms with Crippen molar-refractivity contribution in [2.45, 2.75) is 31.7 Å². The third-order valence-corrected chi connectivity index (χ3v) is 4.62. The van der Waals surface area contributed by atoms with Crippen LogP contribution in [0.5, 0.6) is 5.75 Å². The molecule has 1 amide bonds. The number of rotatable bonds is 2. The van der Waals surface area contributed by atoms with Crippen LogP contribution in [-0.4, -0.2) is 41.6 Å². The van der Waals surface area contributed by atoms with E-state index < -0.39 is 5.82 Å². The smallest absolute Gasteiger partial charge is 0.257 e. The van der Waals surface area contributed by atoms with Gasteiger partial charge in [0.1, 0.15) is 11.6 Å². The number of amides is 1. The fourth-order valence-electron chi connectivity index (χ4n) is 3.57. The van der Waals surface area contributed by atoms with Gasteiger partial charge in [-0.05, 0) is 56.8 Å². The van der Waals surface area contributed by atoms with E-state index in [2.05, 4.69) is 5.32 Å². The lowest BCUT2D eigenvalue weighted by atomic mass is 9.90. The molecule has 0 bridgehead atoms. The van der Waals surface area contributed by atoms with Crippen LogP contribution in [0.3, 0.4) is 0 Å². The SMILES string of the molecule is O=C(c1ccc(O)cc1F)N1CCCC1C1CCCNC1. The molecule has 2 heterocycles. The Labute approximate surface area is 124 Å². The molecule has 114 valence electrons. The zero-order chi connectivity index (χ0) is 14.8. The lowest BCUT2D eigenvalue weighted by Crippen LogP contribution is -2.45. The van der Waals surface area contributed by atoms with Crippen LogP contribution in [0.2, 0.25) is 0 Å². The highest BCUT2D eigenvalue weighted by Gasteiger charge is 2.36. The summed E-state index contributed by atoms with van der Waals surface area (Å²) in [5, 5.41) is 12.7. The van der Waals surface area contributed by atoms with Gasteiger partial charge in [0.25, 0.3) is 5.91 Å². The number of hydrogen-bond acceptors (Lipinski definition) is 3. The van der Waals surface area contributed by atoms with Crippen molar-refractivity contribution in [1.82, 2.24) is 10.2 Å².